The van der Waals surface area contributed by atoms with Crippen LogP contribution in [0.25, 0.3) is 0 Å². The number of hydrogen-bond acceptors (Lipinski definition) is 10. The number of fused-ring (bicyclic) bond motifs is 1. The Morgan fingerprint density at radius 2 is 1.88 bits per heavy atom. The van der Waals surface area contributed by atoms with Crippen LogP contribution in [0.5, 0.6) is 0 Å². The SMILES string of the molecule is C=C(C(=O)OCC(=O)OC1OC2C(C)OC(=O)C2C1C(=O)OC1CCCC1=O)C(F)(F)F. The molecule has 0 spiro atoms. The quantitative estimate of drug-likeness (QED) is 0.315. The van der Waals surface area contributed by atoms with Gasteiger partial charge in [0.2, 0.25) is 6.29 Å². The first kappa shape index (κ1) is 23.7. The van der Waals surface area contributed by atoms with Gasteiger partial charge >= 0.3 is 30.1 Å². The molecule has 2 heterocycles. The molecule has 32 heavy (non-hydrogen) atoms. The van der Waals surface area contributed by atoms with Gasteiger partial charge in [-0.3, -0.25) is 14.4 Å². The molecule has 3 fully saturated rings. The summed E-state index contributed by atoms with van der Waals surface area (Å²) in [6.07, 6.45) is -8.40. The number of alkyl halides is 3. The molecule has 176 valence electrons. The number of halogens is 3. The summed E-state index contributed by atoms with van der Waals surface area (Å²) in [7, 11) is 0. The van der Waals surface area contributed by atoms with Crippen molar-refractivity contribution in [3.8, 4) is 0 Å². The van der Waals surface area contributed by atoms with Crippen LogP contribution in [0.1, 0.15) is 26.2 Å². The summed E-state index contributed by atoms with van der Waals surface area (Å²) in [4.78, 5) is 60.0. The fraction of sp³-hybridized carbons (Fsp3) is 0.632. The van der Waals surface area contributed by atoms with Crippen LogP contribution in [0, 0.1) is 11.8 Å². The van der Waals surface area contributed by atoms with E-state index < -0.39 is 78.7 Å². The Labute approximate surface area is 178 Å². The minimum absolute atomic E-state index is 0.233. The first-order valence-corrected chi connectivity index (χ1v) is 9.62. The highest BCUT2D eigenvalue weighted by molar-refractivity contribution is 5.91. The average molecular weight is 464 g/mol. The Hall–Kier alpha value is -2.96. The number of esters is 4. The molecule has 13 heteroatoms. The third-order valence-corrected chi connectivity index (χ3v) is 5.30. The van der Waals surface area contributed by atoms with Gasteiger partial charge < -0.3 is 23.7 Å². The fourth-order valence-corrected chi connectivity index (χ4v) is 3.69. The summed E-state index contributed by atoms with van der Waals surface area (Å²) in [5.41, 5.74) is -1.82. The number of carbonyl (C=O) groups is 5. The first-order chi connectivity index (χ1) is 14.9. The molecule has 1 saturated carbocycles. The van der Waals surface area contributed by atoms with Gasteiger partial charge in [-0.1, -0.05) is 6.58 Å². The third kappa shape index (κ3) is 4.76. The maximum Gasteiger partial charge on any atom is 0.422 e. The lowest BCUT2D eigenvalue weighted by Gasteiger charge is -2.22. The summed E-state index contributed by atoms with van der Waals surface area (Å²) in [6, 6.07) is 0. The van der Waals surface area contributed by atoms with Crippen molar-refractivity contribution in [1.82, 2.24) is 0 Å². The van der Waals surface area contributed by atoms with E-state index in [1.54, 1.807) is 0 Å². The second-order valence-corrected chi connectivity index (χ2v) is 7.49. The van der Waals surface area contributed by atoms with Gasteiger partial charge in [0.1, 0.15) is 29.6 Å². The summed E-state index contributed by atoms with van der Waals surface area (Å²) >= 11 is 0. The molecule has 3 rings (SSSR count). The van der Waals surface area contributed by atoms with E-state index in [0.29, 0.717) is 12.8 Å². The van der Waals surface area contributed by atoms with E-state index in [9.17, 15) is 37.1 Å². The van der Waals surface area contributed by atoms with Crippen LogP contribution in [-0.4, -0.2) is 67.0 Å². The van der Waals surface area contributed by atoms with Crippen molar-refractivity contribution in [3.05, 3.63) is 12.2 Å². The molecule has 0 aromatic heterocycles. The van der Waals surface area contributed by atoms with Crippen LogP contribution in [0.2, 0.25) is 0 Å². The highest BCUT2D eigenvalue weighted by Gasteiger charge is 2.61. The van der Waals surface area contributed by atoms with E-state index in [1.165, 1.54) is 6.92 Å². The molecule has 3 aliphatic rings. The van der Waals surface area contributed by atoms with Crippen molar-refractivity contribution >= 4 is 29.7 Å². The molecule has 0 N–H and O–H groups in total. The van der Waals surface area contributed by atoms with E-state index in [4.69, 9.17) is 18.9 Å². The Morgan fingerprint density at radius 3 is 2.47 bits per heavy atom. The van der Waals surface area contributed by atoms with Gasteiger partial charge in [-0.05, 0) is 19.8 Å². The minimum Gasteiger partial charge on any atom is -0.460 e. The van der Waals surface area contributed by atoms with Gasteiger partial charge in [-0.25, -0.2) is 9.59 Å². The van der Waals surface area contributed by atoms with E-state index in [2.05, 4.69) is 11.3 Å². The maximum absolute atomic E-state index is 12.7. The minimum atomic E-state index is -5.05. The average Bonchev–Trinajstić information content (AvgIpc) is 3.35. The molecule has 1 aliphatic carbocycles. The summed E-state index contributed by atoms with van der Waals surface area (Å²) < 4.78 is 62.1. The predicted octanol–water partition coefficient (Wildman–Crippen LogP) is 0.759. The predicted molar refractivity (Wildman–Crippen MR) is 92.2 cm³/mol. The van der Waals surface area contributed by atoms with Crippen molar-refractivity contribution in [2.24, 2.45) is 11.8 Å². The highest BCUT2D eigenvalue weighted by atomic mass is 19.4. The summed E-state index contributed by atoms with van der Waals surface area (Å²) in [6.45, 7) is 2.79. The molecule has 0 aromatic rings. The topological polar surface area (TPSA) is 132 Å². The van der Waals surface area contributed by atoms with Crippen LogP contribution in [-0.2, 0) is 47.7 Å². The van der Waals surface area contributed by atoms with E-state index >= 15 is 0 Å². The lowest BCUT2D eigenvalue weighted by atomic mass is 9.90. The number of carbonyl (C=O) groups excluding carboxylic acids is 5. The molecule has 2 aliphatic heterocycles. The monoisotopic (exact) mass is 464 g/mol. The van der Waals surface area contributed by atoms with Crippen LogP contribution in [0.4, 0.5) is 13.2 Å². The molecule has 0 amide bonds. The number of ketones is 1. The number of cyclic esters (lactones) is 1. The largest absolute Gasteiger partial charge is 0.460 e. The standard InChI is InChI=1S/C19H19F3O10/c1-7(19(20,21)22)15(25)28-6-11(24)31-18-13(12-14(32-18)8(2)29-16(12)26)17(27)30-10-5-3-4-9(10)23/h8,10,12-14,18H,1,3-6H2,2H3. The maximum atomic E-state index is 12.7. The summed E-state index contributed by atoms with van der Waals surface area (Å²) in [5, 5.41) is 0. The number of rotatable bonds is 6. The lowest BCUT2D eigenvalue weighted by Crippen LogP contribution is -2.39. The summed E-state index contributed by atoms with van der Waals surface area (Å²) in [5.74, 6) is -7.99. The van der Waals surface area contributed by atoms with Crippen molar-refractivity contribution in [2.45, 2.75) is 57.0 Å². The Kier molecular flexibility index (Phi) is 6.58. The van der Waals surface area contributed by atoms with Crippen LogP contribution in [0.3, 0.4) is 0 Å². The van der Waals surface area contributed by atoms with Crippen LogP contribution in [0.15, 0.2) is 12.2 Å². The molecule has 6 atom stereocenters. The van der Waals surface area contributed by atoms with E-state index in [-0.39, 0.29) is 12.2 Å². The number of Topliss-reactive ketones (excluding diaryl/α,β-unsaturated/α-hetero) is 1. The van der Waals surface area contributed by atoms with Gasteiger partial charge in [0.25, 0.3) is 0 Å². The number of hydrogen-bond donors (Lipinski definition) is 0. The molecule has 10 nitrogen and oxygen atoms in total. The van der Waals surface area contributed by atoms with Crippen molar-refractivity contribution < 1.29 is 60.8 Å². The zero-order valence-corrected chi connectivity index (χ0v) is 16.7. The normalized spacial score (nSPS) is 31.6. The van der Waals surface area contributed by atoms with E-state index in [1.807, 2.05) is 0 Å². The Bertz CT molecular complexity index is 851. The molecule has 0 bridgehead atoms. The van der Waals surface area contributed by atoms with Gasteiger partial charge in [0.05, 0.1) is 0 Å². The third-order valence-electron chi connectivity index (χ3n) is 5.30. The second-order valence-electron chi connectivity index (χ2n) is 7.49. The first-order valence-electron chi connectivity index (χ1n) is 9.62. The molecule has 0 aromatic carbocycles. The molecular weight excluding hydrogens is 445 g/mol. The lowest BCUT2D eigenvalue weighted by molar-refractivity contribution is -0.200. The zero-order valence-electron chi connectivity index (χ0n) is 16.7. The zero-order chi connectivity index (χ0) is 23.8. The molecular formula is C19H19F3O10. The second kappa shape index (κ2) is 8.88. The van der Waals surface area contributed by atoms with Gasteiger partial charge in [0, 0.05) is 6.42 Å². The van der Waals surface area contributed by atoms with Gasteiger partial charge in [0.15, 0.2) is 18.5 Å². The van der Waals surface area contributed by atoms with Crippen molar-refractivity contribution in [3.63, 3.8) is 0 Å². The van der Waals surface area contributed by atoms with E-state index in [0.717, 1.165) is 0 Å². The van der Waals surface area contributed by atoms with Crippen LogP contribution >= 0.6 is 0 Å². The Morgan fingerprint density at radius 1 is 1.19 bits per heavy atom. The fourth-order valence-electron chi connectivity index (χ4n) is 3.69. The highest BCUT2D eigenvalue weighted by Crippen LogP contribution is 2.42. The van der Waals surface area contributed by atoms with Crippen LogP contribution < -0.4 is 0 Å². The van der Waals surface area contributed by atoms with Crippen molar-refractivity contribution in [1.29, 1.82) is 0 Å². The molecule has 6 unspecified atom stereocenters. The van der Waals surface area contributed by atoms with Gasteiger partial charge in [-0.2, -0.15) is 13.2 Å². The number of ether oxygens (including phenoxy) is 5. The molecule has 2 saturated heterocycles. The van der Waals surface area contributed by atoms with Crippen molar-refractivity contribution in [2.75, 3.05) is 6.61 Å². The van der Waals surface area contributed by atoms with Gasteiger partial charge in [-0.15, -0.1) is 0 Å². The smallest absolute Gasteiger partial charge is 0.422 e. The Balaban J connectivity index is 1.66. The molecule has 0 radical (unpaired) electrons.